The van der Waals surface area contributed by atoms with Gasteiger partial charge in [-0.2, -0.15) is 0 Å². The average Bonchev–Trinajstić information content (AvgIpc) is 2.36. The van der Waals surface area contributed by atoms with Crippen LogP contribution in [0.3, 0.4) is 0 Å². The van der Waals surface area contributed by atoms with Gasteiger partial charge in [-0.05, 0) is 38.8 Å². The molecular formula is C12H23N3O2. The summed E-state index contributed by atoms with van der Waals surface area (Å²) in [6.07, 6.45) is 2.76. The van der Waals surface area contributed by atoms with Gasteiger partial charge in [0.1, 0.15) is 0 Å². The van der Waals surface area contributed by atoms with Crippen molar-refractivity contribution in [1.82, 2.24) is 15.5 Å². The molecule has 1 fully saturated rings. The molecule has 1 aliphatic rings. The molecule has 5 nitrogen and oxygen atoms in total. The van der Waals surface area contributed by atoms with Gasteiger partial charge in [-0.15, -0.1) is 0 Å². The van der Waals surface area contributed by atoms with E-state index in [0.717, 1.165) is 25.9 Å². The Hall–Kier alpha value is -1.10. The molecule has 0 radical (unpaired) electrons. The SMILES string of the molecule is CCN(C)C(=O)CNC(=O)CC1CCCNC1. The molecule has 98 valence electrons. The minimum Gasteiger partial charge on any atom is -0.347 e. The summed E-state index contributed by atoms with van der Waals surface area (Å²) in [6, 6.07) is 0. The first-order valence-electron chi connectivity index (χ1n) is 6.34. The van der Waals surface area contributed by atoms with Crippen molar-refractivity contribution in [3.8, 4) is 0 Å². The van der Waals surface area contributed by atoms with E-state index in [4.69, 9.17) is 0 Å². The molecule has 0 aliphatic carbocycles. The van der Waals surface area contributed by atoms with Gasteiger partial charge in [-0.1, -0.05) is 0 Å². The van der Waals surface area contributed by atoms with Gasteiger partial charge in [0.25, 0.3) is 0 Å². The molecule has 2 amide bonds. The highest BCUT2D eigenvalue weighted by Crippen LogP contribution is 2.13. The zero-order valence-electron chi connectivity index (χ0n) is 10.8. The van der Waals surface area contributed by atoms with E-state index in [2.05, 4.69) is 10.6 Å². The van der Waals surface area contributed by atoms with Gasteiger partial charge in [0, 0.05) is 20.0 Å². The van der Waals surface area contributed by atoms with E-state index in [9.17, 15) is 9.59 Å². The van der Waals surface area contributed by atoms with E-state index < -0.39 is 0 Å². The maximum atomic E-state index is 11.6. The lowest BCUT2D eigenvalue weighted by Crippen LogP contribution is -2.39. The van der Waals surface area contributed by atoms with Crippen LogP contribution in [-0.2, 0) is 9.59 Å². The highest BCUT2D eigenvalue weighted by Gasteiger charge is 2.17. The number of rotatable bonds is 5. The summed E-state index contributed by atoms with van der Waals surface area (Å²) in [6.45, 7) is 4.66. The Bertz CT molecular complexity index is 262. The fraction of sp³-hybridized carbons (Fsp3) is 0.833. The zero-order chi connectivity index (χ0) is 12.7. The fourth-order valence-electron chi connectivity index (χ4n) is 1.92. The maximum absolute atomic E-state index is 11.6. The van der Waals surface area contributed by atoms with Gasteiger partial charge in [-0.3, -0.25) is 9.59 Å². The summed E-state index contributed by atoms with van der Waals surface area (Å²) in [5.74, 6) is 0.363. The van der Waals surface area contributed by atoms with Crippen LogP contribution in [0.5, 0.6) is 0 Å². The van der Waals surface area contributed by atoms with Crippen molar-refractivity contribution in [2.45, 2.75) is 26.2 Å². The lowest BCUT2D eigenvalue weighted by atomic mass is 9.96. The van der Waals surface area contributed by atoms with E-state index in [-0.39, 0.29) is 18.4 Å². The van der Waals surface area contributed by atoms with Gasteiger partial charge in [0.15, 0.2) is 0 Å². The van der Waals surface area contributed by atoms with Crippen molar-refractivity contribution in [3.63, 3.8) is 0 Å². The molecule has 1 rings (SSSR count). The van der Waals surface area contributed by atoms with Crippen LogP contribution in [0.25, 0.3) is 0 Å². The number of hydrogen-bond acceptors (Lipinski definition) is 3. The second kappa shape index (κ2) is 7.27. The van der Waals surface area contributed by atoms with Crippen molar-refractivity contribution in [3.05, 3.63) is 0 Å². The van der Waals surface area contributed by atoms with E-state index in [1.54, 1.807) is 11.9 Å². The van der Waals surface area contributed by atoms with Crippen molar-refractivity contribution < 1.29 is 9.59 Å². The number of nitrogens with one attached hydrogen (secondary N) is 2. The van der Waals surface area contributed by atoms with Crippen LogP contribution in [-0.4, -0.2) is 49.9 Å². The molecule has 0 spiro atoms. The molecule has 1 unspecified atom stereocenters. The summed E-state index contributed by atoms with van der Waals surface area (Å²) >= 11 is 0. The molecule has 5 heteroatoms. The lowest BCUT2D eigenvalue weighted by Gasteiger charge is -2.22. The maximum Gasteiger partial charge on any atom is 0.241 e. The highest BCUT2D eigenvalue weighted by atomic mass is 16.2. The Morgan fingerprint density at radius 1 is 1.47 bits per heavy atom. The van der Waals surface area contributed by atoms with Gasteiger partial charge in [-0.25, -0.2) is 0 Å². The van der Waals surface area contributed by atoms with Gasteiger partial charge >= 0.3 is 0 Å². The Labute approximate surface area is 103 Å². The number of nitrogens with zero attached hydrogens (tertiary/aromatic N) is 1. The van der Waals surface area contributed by atoms with Crippen molar-refractivity contribution in [2.24, 2.45) is 5.92 Å². The smallest absolute Gasteiger partial charge is 0.241 e. The van der Waals surface area contributed by atoms with Crippen LogP contribution in [0.4, 0.5) is 0 Å². The Morgan fingerprint density at radius 2 is 2.24 bits per heavy atom. The molecule has 1 atom stereocenters. The van der Waals surface area contributed by atoms with Crippen LogP contribution in [0.15, 0.2) is 0 Å². The molecule has 1 saturated heterocycles. The van der Waals surface area contributed by atoms with Crippen molar-refractivity contribution >= 4 is 11.8 Å². The van der Waals surface area contributed by atoms with E-state index in [1.165, 1.54) is 0 Å². The van der Waals surface area contributed by atoms with E-state index in [0.29, 0.717) is 18.9 Å². The van der Waals surface area contributed by atoms with Crippen LogP contribution in [0.1, 0.15) is 26.2 Å². The van der Waals surface area contributed by atoms with E-state index >= 15 is 0 Å². The first-order chi connectivity index (χ1) is 8.13. The van der Waals surface area contributed by atoms with Crippen molar-refractivity contribution in [1.29, 1.82) is 0 Å². The second-order valence-corrected chi connectivity index (χ2v) is 4.60. The predicted octanol–water partition coefficient (Wildman–Crippen LogP) is -0.0294. The summed E-state index contributed by atoms with van der Waals surface area (Å²) in [5, 5.41) is 5.96. The third kappa shape index (κ3) is 5.17. The van der Waals surface area contributed by atoms with Gasteiger partial charge < -0.3 is 15.5 Å². The molecule has 0 aromatic heterocycles. The highest BCUT2D eigenvalue weighted by molar-refractivity contribution is 5.84. The quantitative estimate of drug-likeness (QED) is 0.710. The third-order valence-corrected chi connectivity index (χ3v) is 3.21. The Balaban J connectivity index is 2.18. The molecular weight excluding hydrogens is 218 g/mol. The zero-order valence-corrected chi connectivity index (χ0v) is 10.8. The Morgan fingerprint density at radius 3 is 2.82 bits per heavy atom. The first kappa shape index (κ1) is 14.0. The van der Waals surface area contributed by atoms with Gasteiger partial charge in [0.2, 0.25) is 11.8 Å². The molecule has 0 saturated carbocycles. The Kier molecular flexibility index (Phi) is 5.97. The monoisotopic (exact) mass is 241 g/mol. The third-order valence-electron chi connectivity index (χ3n) is 3.21. The molecule has 1 aliphatic heterocycles. The number of hydrogen-bond donors (Lipinski definition) is 2. The second-order valence-electron chi connectivity index (χ2n) is 4.60. The summed E-state index contributed by atoms with van der Waals surface area (Å²) in [7, 11) is 1.74. The number of carbonyl (C=O) groups is 2. The number of likely N-dealkylation sites (N-methyl/N-ethyl adjacent to an activating group) is 1. The lowest BCUT2D eigenvalue weighted by molar-refractivity contribution is -0.132. The summed E-state index contributed by atoms with van der Waals surface area (Å²) in [4.78, 5) is 24.7. The minimum absolute atomic E-state index is 0.0171. The van der Waals surface area contributed by atoms with Gasteiger partial charge in [0.05, 0.1) is 6.54 Å². The van der Waals surface area contributed by atoms with Crippen LogP contribution >= 0.6 is 0 Å². The largest absolute Gasteiger partial charge is 0.347 e. The molecule has 0 aromatic rings. The summed E-state index contributed by atoms with van der Waals surface area (Å²) in [5.41, 5.74) is 0. The van der Waals surface area contributed by atoms with Crippen LogP contribution < -0.4 is 10.6 Å². The summed E-state index contributed by atoms with van der Waals surface area (Å²) < 4.78 is 0. The van der Waals surface area contributed by atoms with E-state index in [1.807, 2.05) is 6.92 Å². The standard InChI is InChI=1S/C12H23N3O2/c1-3-15(2)12(17)9-14-11(16)7-10-5-4-6-13-8-10/h10,13H,3-9H2,1-2H3,(H,14,16). The normalized spacial score (nSPS) is 19.8. The topological polar surface area (TPSA) is 61.4 Å². The van der Waals surface area contributed by atoms with Crippen LogP contribution in [0, 0.1) is 5.92 Å². The molecule has 1 heterocycles. The average molecular weight is 241 g/mol. The minimum atomic E-state index is -0.0392. The fourth-order valence-corrected chi connectivity index (χ4v) is 1.92. The molecule has 0 bridgehead atoms. The molecule has 17 heavy (non-hydrogen) atoms. The molecule has 2 N–H and O–H groups in total. The molecule has 0 aromatic carbocycles. The predicted molar refractivity (Wildman–Crippen MR) is 66.5 cm³/mol. The number of piperidine rings is 1. The van der Waals surface area contributed by atoms with Crippen molar-refractivity contribution in [2.75, 3.05) is 33.2 Å². The number of carbonyl (C=O) groups excluding carboxylic acids is 2. The van der Waals surface area contributed by atoms with Crippen LogP contribution in [0.2, 0.25) is 0 Å². The first-order valence-corrected chi connectivity index (χ1v) is 6.34. The number of amides is 2.